The number of carbonyl (C=O) groups excluding carboxylic acids is 1. The third-order valence-electron chi connectivity index (χ3n) is 3.42. The van der Waals surface area contributed by atoms with E-state index in [1.54, 1.807) is 0 Å². The maximum absolute atomic E-state index is 12.2. The van der Waals surface area contributed by atoms with E-state index in [4.69, 9.17) is 5.73 Å². The summed E-state index contributed by atoms with van der Waals surface area (Å²) in [5.41, 5.74) is 7.80. The van der Waals surface area contributed by atoms with Gasteiger partial charge in [-0.1, -0.05) is 16.6 Å². The van der Waals surface area contributed by atoms with Crippen molar-refractivity contribution in [3.63, 3.8) is 0 Å². The zero-order valence-electron chi connectivity index (χ0n) is 10.9. The molecule has 0 aliphatic carbocycles. The highest BCUT2D eigenvalue weighted by molar-refractivity contribution is 7.07. The fourth-order valence-electron chi connectivity index (χ4n) is 2.34. The second-order valence-corrected chi connectivity index (χ2v) is 5.41. The molecule has 0 unspecified atom stereocenters. The Morgan fingerprint density at radius 1 is 1.20 bits per heavy atom. The van der Waals surface area contributed by atoms with Gasteiger partial charge in [0.15, 0.2) is 0 Å². The molecule has 2 heterocycles. The van der Waals surface area contributed by atoms with E-state index in [1.165, 1.54) is 6.20 Å². The Morgan fingerprint density at radius 3 is 2.60 bits per heavy atom. The summed E-state index contributed by atoms with van der Waals surface area (Å²) in [6.45, 7) is 2.94. The fourth-order valence-corrected chi connectivity index (χ4v) is 2.83. The number of anilines is 2. The Balaban J connectivity index is 1.65. The number of amides is 1. The molecular formula is C13H15N5OS. The molecule has 0 atom stereocenters. The molecule has 0 spiro atoms. The molecule has 0 saturated carbocycles. The van der Waals surface area contributed by atoms with E-state index < -0.39 is 0 Å². The predicted molar refractivity (Wildman–Crippen MR) is 78.9 cm³/mol. The molecule has 3 rings (SSSR count). The van der Waals surface area contributed by atoms with Gasteiger partial charge in [0.2, 0.25) is 0 Å². The number of benzene rings is 1. The van der Waals surface area contributed by atoms with Crippen molar-refractivity contribution in [3.05, 3.63) is 35.3 Å². The highest BCUT2D eigenvalue weighted by Crippen LogP contribution is 2.24. The first-order valence-corrected chi connectivity index (χ1v) is 7.19. The average Bonchev–Trinajstić information content (AvgIpc) is 3.01. The average molecular weight is 289 g/mol. The van der Waals surface area contributed by atoms with Gasteiger partial charge in [0, 0.05) is 26.2 Å². The minimum Gasteiger partial charge on any atom is -0.397 e. The molecule has 1 aliphatic rings. The van der Waals surface area contributed by atoms with Crippen LogP contribution in [0.3, 0.4) is 0 Å². The minimum absolute atomic E-state index is 0.0145. The summed E-state index contributed by atoms with van der Waals surface area (Å²) in [5, 5.41) is 3.71. The lowest BCUT2D eigenvalue weighted by Gasteiger charge is -2.36. The lowest BCUT2D eigenvalue weighted by molar-refractivity contribution is 0.0751. The largest absolute Gasteiger partial charge is 0.397 e. The highest BCUT2D eigenvalue weighted by Gasteiger charge is 2.24. The van der Waals surface area contributed by atoms with Crippen molar-refractivity contribution in [2.24, 2.45) is 0 Å². The van der Waals surface area contributed by atoms with Gasteiger partial charge in [0.05, 0.1) is 17.6 Å². The number of carbonyl (C=O) groups is 1. The molecular weight excluding hydrogens is 274 g/mol. The van der Waals surface area contributed by atoms with Gasteiger partial charge in [-0.15, -0.1) is 5.10 Å². The summed E-state index contributed by atoms with van der Waals surface area (Å²) >= 11 is 1.14. The first-order valence-electron chi connectivity index (χ1n) is 6.42. The number of nitrogen functional groups attached to an aromatic ring is 1. The van der Waals surface area contributed by atoms with Crippen molar-refractivity contribution >= 4 is 28.8 Å². The maximum atomic E-state index is 12.2. The van der Waals surface area contributed by atoms with Crippen molar-refractivity contribution < 1.29 is 4.79 Å². The molecule has 2 aromatic rings. The SMILES string of the molecule is Nc1ccccc1N1CCN(C(=O)c2cnns2)CC1. The Morgan fingerprint density at radius 2 is 1.95 bits per heavy atom. The molecule has 1 amide bonds. The van der Waals surface area contributed by atoms with E-state index in [2.05, 4.69) is 14.5 Å². The summed E-state index contributed by atoms with van der Waals surface area (Å²) in [6.07, 6.45) is 1.52. The van der Waals surface area contributed by atoms with E-state index in [0.717, 1.165) is 36.0 Å². The topological polar surface area (TPSA) is 75.3 Å². The second kappa shape index (κ2) is 5.46. The van der Waals surface area contributed by atoms with Crippen molar-refractivity contribution in [1.82, 2.24) is 14.5 Å². The number of hydrogen-bond donors (Lipinski definition) is 1. The zero-order valence-corrected chi connectivity index (χ0v) is 11.7. The second-order valence-electron chi connectivity index (χ2n) is 4.62. The van der Waals surface area contributed by atoms with Crippen LogP contribution in [0.25, 0.3) is 0 Å². The number of hydrogen-bond acceptors (Lipinski definition) is 6. The predicted octanol–water partition coefficient (Wildman–Crippen LogP) is 1.08. The standard InChI is InChI=1S/C13H15N5OS/c14-10-3-1-2-4-11(10)17-5-7-18(8-6-17)13(19)12-9-15-16-20-12/h1-4,9H,5-8,14H2. The number of piperazine rings is 1. The lowest BCUT2D eigenvalue weighted by atomic mass is 10.2. The first kappa shape index (κ1) is 12.9. The maximum Gasteiger partial charge on any atom is 0.267 e. The molecule has 7 heteroatoms. The summed E-state index contributed by atoms with van der Waals surface area (Å²) < 4.78 is 3.73. The van der Waals surface area contributed by atoms with Gasteiger partial charge in [-0.25, -0.2) is 0 Å². The van der Waals surface area contributed by atoms with Gasteiger partial charge in [-0.2, -0.15) is 0 Å². The smallest absolute Gasteiger partial charge is 0.267 e. The van der Waals surface area contributed by atoms with Crippen LogP contribution in [-0.2, 0) is 0 Å². The number of para-hydroxylation sites is 2. The molecule has 2 N–H and O–H groups in total. The van der Waals surface area contributed by atoms with E-state index in [0.29, 0.717) is 18.0 Å². The third-order valence-corrected chi connectivity index (χ3v) is 4.07. The third kappa shape index (κ3) is 2.44. The Labute approximate surface area is 121 Å². The first-order chi connectivity index (χ1) is 9.75. The normalized spacial score (nSPS) is 15.4. The fraction of sp³-hybridized carbons (Fsp3) is 0.308. The van der Waals surface area contributed by atoms with Gasteiger partial charge < -0.3 is 15.5 Å². The van der Waals surface area contributed by atoms with Crippen molar-refractivity contribution in [2.45, 2.75) is 0 Å². The number of rotatable bonds is 2. The minimum atomic E-state index is 0.0145. The van der Waals surface area contributed by atoms with Crippen LogP contribution in [0.2, 0.25) is 0 Å². The lowest BCUT2D eigenvalue weighted by Crippen LogP contribution is -2.48. The highest BCUT2D eigenvalue weighted by atomic mass is 32.1. The zero-order chi connectivity index (χ0) is 13.9. The molecule has 104 valence electrons. The van der Waals surface area contributed by atoms with E-state index in [1.807, 2.05) is 29.2 Å². The van der Waals surface area contributed by atoms with Crippen LogP contribution in [-0.4, -0.2) is 46.6 Å². The van der Waals surface area contributed by atoms with Crippen molar-refractivity contribution in [3.8, 4) is 0 Å². The van der Waals surface area contributed by atoms with Gasteiger partial charge in [-0.3, -0.25) is 4.79 Å². The van der Waals surface area contributed by atoms with Crippen LogP contribution >= 0.6 is 11.5 Å². The molecule has 1 fully saturated rings. The van der Waals surface area contributed by atoms with Crippen LogP contribution < -0.4 is 10.6 Å². The number of nitrogens with two attached hydrogens (primary N) is 1. The molecule has 1 saturated heterocycles. The number of nitrogens with zero attached hydrogens (tertiary/aromatic N) is 4. The molecule has 1 aromatic carbocycles. The van der Waals surface area contributed by atoms with Gasteiger partial charge in [0.1, 0.15) is 4.88 Å². The van der Waals surface area contributed by atoms with Crippen LogP contribution in [0.1, 0.15) is 9.67 Å². The van der Waals surface area contributed by atoms with E-state index >= 15 is 0 Å². The van der Waals surface area contributed by atoms with Crippen LogP contribution in [0, 0.1) is 0 Å². The van der Waals surface area contributed by atoms with E-state index in [9.17, 15) is 4.79 Å². The summed E-state index contributed by atoms with van der Waals surface area (Å²) in [6, 6.07) is 7.82. The van der Waals surface area contributed by atoms with Crippen molar-refractivity contribution in [2.75, 3.05) is 36.8 Å². The van der Waals surface area contributed by atoms with Gasteiger partial charge >= 0.3 is 0 Å². The monoisotopic (exact) mass is 289 g/mol. The quantitative estimate of drug-likeness (QED) is 0.837. The summed E-state index contributed by atoms with van der Waals surface area (Å²) in [5.74, 6) is 0.0145. The Hall–Kier alpha value is -2.15. The molecule has 0 radical (unpaired) electrons. The molecule has 20 heavy (non-hydrogen) atoms. The molecule has 1 aliphatic heterocycles. The van der Waals surface area contributed by atoms with Gasteiger partial charge in [0.25, 0.3) is 5.91 Å². The molecule has 0 bridgehead atoms. The van der Waals surface area contributed by atoms with E-state index in [-0.39, 0.29) is 5.91 Å². The van der Waals surface area contributed by atoms with Crippen LogP contribution in [0.4, 0.5) is 11.4 Å². The van der Waals surface area contributed by atoms with Crippen LogP contribution in [0.5, 0.6) is 0 Å². The Kier molecular flexibility index (Phi) is 3.51. The van der Waals surface area contributed by atoms with Crippen LogP contribution in [0.15, 0.2) is 30.5 Å². The van der Waals surface area contributed by atoms with Crippen molar-refractivity contribution in [1.29, 1.82) is 0 Å². The summed E-state index contributed by atoms with van der Waals surface area (Å²) in [7, 11) is 0. The molecule has 6 nitrogen and oxygen atoms in total. The number of aromatic nitrogens is 2. The summed E-state index contributed by atoms with van der Waals surface area (Å²) in [4.78, 5) is 16.8. The molecule has 1 aromatic heterocycles. The van der Waals surface area contributed by atoms with Gasteiger partial charge in [-0.05, 0) is 23.7 Å². The Bertz CT molecular complexity index is 593.